The fourth-order valence-electron chi connectivity index (χ4n) is 2.69. The molecule has 1 atom stereocenters. The minimum atomic E-state index is -0.712. The van der Waals surface area contributed by atoms with Crippen molar-refractivity contribution in [1.29, 1.82) is 0 Å². The van der Waals surface area contributed by atoms with Crippen LogP contribution < -0.4 is 10.1 Å². The van der Waals surface area contributed by atoms with Crippen LogP contribution in [-0.4, -0.2) is 36.4 Å². The van der Waals surface area contributed by atoms with Crippen LogP contribution >= 0.6 is 23.2 Å². The largest absolute Gasteiger partial charge is 0.484 e. The van der Waals surface area contributed by atoms with Gasteiger partial charge < -0.3 is 15.0 Å². The van der Waals surface area contributed by atoms with E-state index in [9.17, 15) is 9.59 Å². The lowest BCUT2D eigenvalue weighted by molar-refractivity contribution is -0.142. The van der Waals surface area contributed by atoms with Gasteiger partial charge in [-0.15, -0.1) is 0 Å². The first-order valence-corrected chi connectivity index (χ1v) is 9.78. The molecule has 0 saturated carbocycles. The number of nitrogens with one attached hydrogen (secondary N) is 1. The van der Waals surface area contributed by atoms with Crippen LogP contribution in [0.3, 0.4) is 0 Å². The Morgan fingerprint density at radius 1 is 1.11 bits per heavy atom. The van der Waals surface area contributed by atoms with Gasteiger partial charge in [0.05, 0.1) is 0 Å². The first-order chi connectivity index (χ1) is 13.4. The van der Waals surface area contributed by atoms with Crippen LogP contribution in [0.5, 0.6) is 5.75 Å². The quantitative estimate of drug-likeness (QED) is 0.696. The third kappa shape index (κ3) is 5.63. The summed E-state index contributed by atoms with van der Waals surface area (Å²) in [6.07, 6.45) is 0.926. The molecule has 2 aromatic carbocycles. The summed E-state index contributed by atoms with van der Waals surface area (Å²) < 4.78 is 5.62. The van der Waals surface area contributed by atoms with E-state index in [4.69, 9.17) is 27.9 Å². The Hall–Kier alpha value is -2.24. The molecule has 7 heteroatoms. The van der Waals surface area contributed by atoms with E-state index in [0.29, 0.717) is 21.4 Å². The highest BCUT2D eigenvalue weighted by Crippen LogP contribution is 2.26. The number of hydrogen-bond acceptors (Lipinski definition) is 3. The number of carbonyl (C=O) groups is 2. The van der Waals surface area contributed by atoms with Gasteiger partial charge in [-0.25, -0.2) is 0 Å². The molecule has 0 bridgehead atoms. The third-order valence-electron chi connectivity index (χ3n) is 4.50. The van der Waals surface area contributed by atoms with Crippen LogP contribution in [-0.2, 0) is 22.6 Å². The summed E-state index contributed by atoms with van der Waals surface area (Å²) in [5, 5.41) is 3.43. The Balaban J connectivity index is 2.17. The molecule has 0 spiro atoms. The summed E-state index contributed by atoms with van der Waals surface area (Å²) in [5.41, 5.74) is 1.77. The van der Waals surface area contributed by atoms with Crippen molar-refractivity contribution in [3.8, 4) is 5.75 Å². The number of aryl methyl sites for hydroxylation is 1. The van der Waals surface area contributed by atoms with Gasteiger partial charge in [-0.3, -0.25) is 9.59 Å². The van der Waals surface area contributed by atoms with Crippen molar-refractivity contribution in [3.05, 3.63) is 63.6 Å². The van der Waals surface area contributed by atoms with E-state index < -0.39 is 6.04 Å². The molecule has 0 aliphatic carbocycles. The van der Waals surface area contributed by atoms with Gasteiger partial charge in [-0.2, -0.15) is 0 Å². The molecule has 2 aromatic rings. The zero-order valence-corrected chi connectivity index (χ0v) is 17.7. The normalized spacial score (nSPS) is 11.6. The molecule has 0 aromatic heterocycles. The molecule has 5 nitrogen and oxygen atoms in total. The van der Waals surface area contributed by atoms with Gasteiger partial charge in [0, 0.05) is 29.2 Å². The SMILES string of the molecule is CCc1ccc(OCC(=O)N(Cc2c(Cl)cccc2Cl)[C@H](C)C(=O)NC)cc1. The molecular weight excluding hydrogens is 399 g/mol. The van der Waals surface area contributed by atoms with Gasteiger partial charge in [0.2, 0.25) is 5.91 Å². The highest BCUT2D eigenvalue weighted by atomic mass is 35.5. The molecule has 150 valence electrons. The van der Waals surface area contributed by atoms with Crippen molar-refractivity contribution in [3.63, 3.8) is 0 Å². The Labute approximate surface area is 175 Å². The van der Waals surface area contributed by atoms with Crippen LogP contribution in [0.15, 0.2) is 42.5 Å². The van der Waals surface area contributed by atoms with Gasteiger partial charge in [0.25, 0.3) is 5.91 Å². The van der Waals surface area contributed by atoms with Gasteiger partial charge in [-0.1, -0.05) is 48.3 Å². The monoisotopic (exact) mass is 422 g/mol. The van der Waals surface area contributed by atoms with Crippen LogP contribution in [0.1, 0.15) is 25.0 Å². The molecule has 2 rings (SSSR count). The average molecular weight is 423 g/mol. The predicted molar refractivity (Wildman–Crippen MR) is 112 cm³/mol. The van der Waals surface area contributed by atoms with E-state index in [1.165, 1.54) is 17.5 Å². The molecule has 0 heterocycles. The Morgan fingerprint density at radius 3 is 2.25 bits per heavy atom. The van der Waals surface area contributed by atoms with E-state index in [-0.39, 0.29) is 25.0 Å². The van der Waals surface area contributed by atoms with Crippen LogP contribution in [0.4, 0.5) is 0 Å². The van der Waals surface area contributed by atoms with Crippen molar-refractivity contribution in [2.24, 2.45) is 0 Å². The number of halogens is 2. The lowest BCUT2D eigenvalue weighted by Crippen LogP contribution is -2.48. The van der Waals surface area contributed by atoms with E-state index in [1.54, 1.807) is 25.1 Å². The van der Waals surface area contributed by atoms with E-state index in [1.807, 2.05) is 24.3 Å². The molecule has 0 aliphatic heterocycles. The second-order valence-corrected chi connectivity index (χ2v) is 7.11. The van der Waals surface area contributed by atoms with Crippen LogP contribution in [0.25, 0.3) is 0 Å². The molecule has 0 unspecified atom stereocenters. The number of nitrogens with zero attached hydrogens (tertiary/aromatic N) is 1. The molecule has 0 saturated heterocycles. The first kappa shape index (κ1) is 22.1. The number of amides is 2. The molecule has 0 aliphatic rings. The number of likely N-dealkylation sites (N-methyl/N-ethyl adjacent to an activating group) is 1. The van der Waals surface area contributed by atoms with E-state index >= 15 is 0 Å². The fraction of sp³-hybridized carbons (Fsp3) is 0.333. The Kier molecular flexibility index (Phi) is 8.15. The number of carbonyl (C=O) groups excluding carboxylic acids is 2. The maximum absolute atomic E-state index is 12.9. The summed E-state index contributed by atoms with van der Waals surface area (Å²) in [4.78, 5) is 26.4. The maximum Gasteiger partial charge on any atom is 0.261 e. The van der Waals surface area contributed by atoms with Crippen LogP contribution in [0, 0.1) is 0 Å². The maximum atomic E-state index is 12.9. The Bertz CT molecular complexity index is 805. The summed E-state index contributed by atoms with van der Waals surface area (Å²) in [7, 11) is 1.52. The third-order valence-corrected chi connectivity index (χ3v) is 5.21. The highest BCUT2D eigenvalue weighted by Gasteiger charge is 2.27. The number of hydrogen-bond donors (Lipinski definition) is 1. The molecule has 2 amide bonds. The summed E-state index contributed by atoms with van der Waals surface area (Å²) in [5.74, 6) is -0.0376. The second kappa shape index (κ2) is 10.3. The topological polar surface area (TPSA) is 58.6 Å². The minimum Gasteiger partial charge on any atom is -0.484 e. The van der Waals surface area contributed by atoms with Crippen molar-refractivity contribution >= 4 is 35.0 Å². The Morgan fingerprint density at radius 2 is 1.71 bits per heavy atom. The summed E-state index contributed by atoms with van der Waals surface area (Å²) in [6, 6.07) is 12.0. The average Bonchev–Trinajstić information content (AvgIpc) is 2.71. The van der Waals surface area contributed by atoms with Gasteiger partial charge >= 0.3 is 0 Å². The molecule has 28 heavy (non-hydrogen) atoms. The van der Waals surface area contributed by atoms with Gasteiger partial charge in [0.1, 0.15) is 11.8 Å². The standard InChI is InChI=1S/C21H24Cl2N2O3/c1-4-15-8-10-16(11-9-15)28-13-20(26)25(14(2)21(27)24-3)12-17-18(22)6-5-7-19(17)23/h5-11,14H,4,12-13H2,1-3H3,(H,24,27)/t14-/m1/s1. The summed E-state index contributed by atoms with van der Waals surface area (Å²) in [6.45, 7) is 3.62. The van der Waals surface area contributed by atoms with Crippen molar-refractivity contribution < 1.29 is 14.3 Å². The zero-order chi connectivity index (χ0) is 20.7. The zero-order valence-electron chi connectivity index (χ0n) is 16.2. The minimum absolute atomic E-state index is 0.101. The number of ether oxygens (including phenoxy) is 1. The number of rotatable bonds is 8. The van der Waals surface area contributed by atoms with Gasteiger partial charge in [0.15, 0.2) is 6.61 Å². The van der Waals surface area contributed by atoms with Crippen molar-refractivity contribution in [2.45, 2.75) is 32.9 Å². The van der Waals surface area contributed by atoms with Crippen molar-refractivity contribution in [1.82, 2.24) is 10.2 Å². The van der Waals surface area contributed by atoms with Gasteiger partial charge in [-0.05, 0) is 43.2 Å². The predicted octanol–water partition coefficient (Wildman–Crippen LogP) is 4.10. The van der Waals surface area contributed by atoms with E-state index in [0.717, 1.165) is 6.42 Å². The highest BCUT2D eigenvalue weighted by molar-refractivity contribution is 6.36. The molecular formula is C21H24Cl2N2O3. The lowest BCUT2D eigenvalue weighted by atomic mass is 10.1. The fourth-order valence-corrected chi connectivity index (χ4v) is 3.21. The molecule has 0 fully saturated rings. The molecule has 0 radical (unpaired) electrons. The smallest absolute Gasteiger partial charge is 0.261 e. The van der Waals surface area contributed by atoms with E-state index in [2.05, 4.69) is 12.2 Å². The number of benzene rings is 2. The molecule has 1 N–H and O–H groups in total. The summed E-state index contributed by atoms with van der Waals surface area (Å²) >= 11 is 12.5. The van der Waals surface area contributed by atoms with Crippen LogP contribution in [0.2, 0.25) is 10.0 Å². The first-order valence-electron chi connectivity index (χ1n) is 9.03. The second-order valence-electron chi connectivity index (χ2n) is 6.30. The lowest BCUT2D eigenvalue weighted by Gasteiger charge is -2.29. The van der Waals surface area contributed by atoms with Crippen molar-refractivity contribution in [2.75, 3.05) is 13.7 Å².